The lowest BCUT2D eigenvalue weighted by atomic mass is 10.1. The van der Waals surface area contributed by atoms with Gasteiger partial charge in [-0.1, -0.05) is 5.16 Å². The second-order valence-corrected chi connectivity index (χ2v) is 7.95. The molecule has 1 N–H and O–H groups in total. The van der Waals surface area contributed by atoms with Crippen molar-refractivity contribution < 1.29 is 18.8 Å². The summed E-state index contributed by atoms with van der Waals surface area (Å²) >= 11 is 0. The maximum atomic E-state index is 12.9. The summed E-state index contributed by atoms with van der Waals surface area (Å²) < 4.78 is 12.6. The van der Waals surface area contributed by atoms with Crippen molar-refractivity contribution in [1.82, 2.24) is 25.2 Å². The third kappa shape index (κ3) is 4.26. The van der Waals surface area contributed by atoms with Crippen molar-refractivity contribution in [2.24, 2.45) is 0 Å². The molecule has 0 saturated carbocycles. The zero-order valence-corrected chi connectivity index (χ0v) is 17.7. The van der Waals surface area contributed by atoms with E-state index in [1.54, 1.807) is 0 Å². The predicted octanol–water partition coefficient (Wildman–Crippen LogP) is 1.55. The lowest BCUT2D eigenvalue weighted by molar-refractivity contribution is -0.121. The maximum Gasteiger partial charge on any atom is 0.274 e. The van der Waals surface area contributed by atoms with Crippen molar-refractivity contribution in [3.8, 4) is 0 Å². The van der Waals surface area contributed by atoms with E-state index in [-0.39, 0.29) is 11.8 Å². The zero-order chi connectivity index (χ0) is 21.1. The van der Waals surface area contributed by atoms with E-state index in [2.05, 4.69) is 15.6 Å². The lowest BCUT2D eigenvalue weighted by Gasteiger charge is -2.17. The summed E-state index contributed by atoms with van der Waals surface area (Å²) in [5.41, 5.74) is 4.30. The minimum absolute atomic E-state index is 0.00324. The Morgan fingerprint density at radius 2 is 2.00 bits per heavy atom. The second-order valence-electron chi connectivity index (χ2n) is 7.95. The smallest absolute Gasteiger partial charge is 0.274 e. The monoisotopic (exact) mass is 415 g/mol. The van der Waals surface area contributed by atoms with Gasteiger partial charge in [0.1, 0.15) is 5.76 Å². The van der Waals surface area contributed by atoms with Gasteiger partial charge in [-0.05, 0) is 33.1 Å². The number of rotatable bonds is 7. The second kappa shape index (κ2) is 8.99. The van der Waals surface area contributed by atoms with Gasteiger partial charge in [-0.2, -0.15) is 5.10 Å². The van der Waals surface area contributed by atoms with E-state index in [9.17, 15) is 9.59 Å². The Labute approximate surface area is 175 Å². The van der Waals surface area contributed by atoms with Crippen LogP contribution in [0.4, 0.5) is 0 Å². The van der Waals surface area contributed by atoms with E-state index in [1.807, 2.05) is 23.4 Å². The molecule has 1 fully saturated rings. The highest BCUT2D eigenvalue weighted by atomic mass is 16.5. The molecule has 9 nitrogen and oxygen atoms in total. The van der Waals surface area contributed by atoms with Crippen LogP contribution in [-0.4, -0.2) is 57.9 Å². The van der Waals surface area contributed by atoms with Crippen LogP contribution < -0.4 is 5.32 Å². The van der Waals surface area contributed by atoms with E-state index in [0.717, 1.165) is 60.6 Å². The number of nitrogens with one attached hydrogen (secondary N) is 1. The molecule has 4 rings (SSSR count). The topological polar surface area (TPSA) is 102 Å². The highest BCUT2D eigenvalue weighted by molar-refractivity contribution is 5.94. The van der Waals surface area contributed by atoms with Gasteiger partial charge >= 0.3 is 0 Å². The molecular weight excluding hydrogens is 386 g/mol. The average Bonchev–Trinajstić information content (AvgIpc) is 3.47. The first-order chi connectivity index (χ1) is 14.5. The number of aryl methyl sites for hydroxylation is 2. The van der Waals surface area contributed by atoms with Gasteiger partial charge in [0.15, 0.2) is 5.69 Å². The fourth-order valence-corrected chi connectivity index (χ4v) is 4.22. The van der Waals surface area contributed by atoms with E-state index >= 15 is 0 Å². The van der Waals surface area contributed by atoms with Crippen LogP contribution >= 0.6 is 0 Å². The van der Waals surface area contributed by atoms with Gasteiger partial charge in [-0.15, -0.1) is 0 Å². The summed E-state index contributed by atoms with van der Waals surface area (Å²) in [4.78, 5) is 27.0. The van der Waals surface area contributed by atoms with Crippen molar-refractivity contribution in [2.45, 2.75) is 59.1 Å². The first-order valence-corrected chi connectivity index (χ1v) is 10.7. The van der Waals surface area contributed by atoms with Crippen LogP contribution in [0.25, 0.3) is 0 Å². The summed E-state index contributed by atoms with van der Waals surface area (Å²) in [6.45, 7) is 7.38. The Morgan fingerprint density at radius 3 is 2.73 bits per heavy atom. The molecule has 0 unspecified atom stereocenters. The minimum atomic E-state index is -0.0206. The maximum absolute atomic E-state index is 12.9. The highest BCUT2D eigenvalue weighted by Crippen LogP contribution is 2.23. The van der Waals surface area contributed by atoms with Crippen LogP contribution in [-0.2, 0) is 35.5 Å². The van der Waals surface area contributed by atoms with Gasteiger partial charge in [0.25, 0.3) is 5.91 Å². The van der Waals surface area contributed by atoms with Gasteiger partial charge in [0, 0.05) is 49.3 Å². The molecule has 2 aromatic heterocycles. The van der Waals surface area contributed by atoms with Crippen molar-refractivity contribution in [1.29, 1.82) is 0 Å². The largest absolute Gasteiger partial charge is 0.376 e. The molecule has 0 aliphatic carbocycles. The van der Waals surface area contributed by atoms with Crippen LogP contribution in [0.1, 0.15) is 58.0 Å². The third-order valence-electron chi connectivity index (χ3n) is 5.92. The molecule has 30 heavy (non-hydrogen) atoms. The fraction of sp³-hybridized carbons (Fsp3) is 0.619. The number of ether oxygens (including phenoxy) is 1. The first-order valence-electron chi connectivity index (χ1n) is 10.7. The van der Waals surface area contributed by atoms with Gasteiger partial charge in [0.05, 0.1) is 25.5 Å². The minimum Gasteiger partial charge on any atom is -0.376 e. The van der Waals surface area contributed by atoms with E-state index < -0.39 is 0 Å². The number of carbonyl (C=O) groups is 2. The number of hydrogen-bond donors (Lipinski definition) is 1. The fourth-order valence-electron chi connectivity index (χ4n) is 4.22. The van der Waals surface area contributed by atoms with Crippen molar-refractivity contribution >= 4 is 11.8 Å². The number of amides is 2. The summed E-state index contributed by atoms with van der Waals surface area (Å²) in [7, 11) is 0. The number of aromatic nitrogens is 3. The summed E-state index contributed by atoms with van der Waals surface area (Å²) in [6.07, 6.45) is 3.81. The van der Waals surface area contributed by atoms with Crippen LogP contribution in [0.5, 0.6) is 0 Å². The van der Waals surface area contributed by atoms with Gasteiger partial charge < -0.3 is 19.5 Å². The molecule has 0 aromatic carbocycles. The number of hydrogen-bond acceptors (Lipinski definition) is 6. The zero-order valence-electron chi connectivity index (χ0n) is 17.7. The molecule has 0 atom stereocenters. The molecule has 1 saturated heterocycles. The number of nitrogens with zero attached hydrogens (tertiary/aromatic N) is 4. The van der Waals surface area contributed by atoms with Gasteiger partial charge in [0.2, 0.25) is 5.91 Å². The number of carbonyl (C=O) groups excluding carboxylic acids is 2. The Morgan fingerprint density at radius 1 is 1.20 bits per heavy atom. The molecule has 0 bridgehead atoms. The van der Waals surface area contributed by atoms with E-state index in [1.165, 1.54) is 0 Å². The molecule has 2 amide bonds. The van der Waals surface area contributed by atoms with Crippen molar-refractivity contribution in [2.75, 3.05) is 26.2 Å². The first kappa shape index (κ1) is 20.6. The molecule has 0 spiro atoms. The van der Waals surface area contributed by atoms with Crippen LogP contribution in [0.2, 0.25) is 0 Å². The Kier molecular flexibility index (Phi) is 6.17. The van der Waals surface area contributed by atoms with Crippen LogP contribution in [0.15, 0.2) is 4.52 Å². The lowest BCUT2D eigenvalue weighted by Crippen LogP contribution is -2.29. The molecule has 162 valence electrons. The average molecular weight is 415 g/mol. The normalized spacial score (nSPS) is 16.0. The molecule has 2 aliphatic rings. The molecule has 0 radical (unpaired) electrons. The van der Waals surface area contributed by atoms with Crippen LogP contribution in [0.3, 0.4) is 0 Å². The van der Waals surface area contributed by atoms with Crippen molar-refractivity contribution in [3.63, 3.8) is 0 Å². The SMILES string of the molecule is Cc1noc(C)c1CCC(=O)NCCn1nc(C(=O)N2CCCC2)c2c1CCOC2. The molecule has 2 aromatic rings. The quantitative estimate of drug-likeness (QED) is 0.736. The van der Waals surface area contributed by atoms with E-state index in [4.69, 9.17) is 9.26 Å². The Balaban J connectivity index is 1.35. The molecule has 9 heteroatoms. The molecule has 2 aliphatic heterocycles. The molecule has 4 heterocycles. The summed E-state index contributed by atoms with van der Waals surface area (Å²) in [5, 5.41) is 11.5. The Hall–Kier alpha value is -2.68. The van der Waals surface area contributed by atoms with Gasteiger partial charge in [-0.25, -0.2) is 0 Å². The van der Waals surface area contributed by atoms with Crippen LogP contribution in [0, 0.1) is 13.8 Å². The number of fused-ring (bicyclic) bond motifs is 1. The summed E-state index contributed by atoms with van der Waals surface area (Å²) in [5.74, 6) is 0.741. The standard InChI is InChI=1S/C21H29N5O4/c1-14-16(15(2)30-24-14)5-6-19(27)22-8-11-26-18-7-12-29-13-17(18)20(23-26)21(28)25-9-3-4-10-25/h3-13H2,1-2H3,(H,22,27). The Bertz CT molecular complexity index is 907. The van der Waals surface area contributed by atoms with Crippen molar-refractivity contribution in [3.05, 3.63) is 34.0 Å². The predicted molar refractivity (Wildman–Crippen MR) is 108 cm³/mol. The highest BCUT2D eigenvalue weighted by Gasteiger charge is 2.29. The number of likely N-dealkylation sites (tertiary alicyclic amines) is 1. The van der Waals surface area contributed by atoms with E-state index in [0.29, 0.717) is 44.8 Å². The van der Waals surface area contributed by atoms with Gasteiger partial charge in [-0.3, -0.25) is 14.3 Å². The summed E-state index contributed by atoms with van der Waals surface area (Å²) in [6, 6.07) is 0. The third-order valence-corrected chi connectivity index (χ3v) is 5.92. The molecular formula is C21H29N5O4.